The second-order valence-electron chi connectivity index (χ2n) is 3.67. The van der Waals surface area contributed by atoms with Crippen molar-refractivity contribution in [3.8, 4) is 5.75 Å². The van der Waals surface area contributed by atoms with Crippen molar-refractivity contribution in [1.29, 1.82) is 5.41 Å². The number of methoxy groups -OCH3 is 1. The molecule has 0 aliphatic carbocycles. The van der Waals surface area contributed by atoms with Gasteiger partial charge in [0.15, 0.2) is 0 Å². The molecule has 1 heterocycles. The Bertz CT molecular complexity index is 457. The van der Waals surface area contributed by atoms with Crippen LogP contribution in [0.5, 0.6) is 5.75 Å². The van der Waals surface area contributed by atoms with Crippen LogP contribution in [-0.4, -0.2) is 19.0 Å². The Labute approximate surface area is 93.3 Å². The number of amides is 2. The highest BCUT2D eigenvalue weighted by Gasteiger charge is 2.27. The van der Waals surface area contributed by atoms with E-state index in [9.17, 15) is 4.79 Å². The number of rotatable bonds is 2. The van der Waals surface area contributed by atoms with Crippen molar-refractivity contribution >= 4 is 11.9 Å². The lowest BCUT2D eigenvalue weighted by molar-refractivity contribution is 0.248. The molecular weight excluding hydrogens is 206 g/mol. The minimum atomic E-state index is -0.378. The zero-order chi connectivity index (χ0) is 11.7. The van der Waals surface area contributed by atoms with Gasteiger partial charge in [0.1, 0.15) is 17.6 Å². The highest BCUT2D eigenvalue weighted by molar-refractivity contribution is 6.05. The third-order valence-electron chi connectivity index (χ3n) is 2.56. The zero-order valence-corrected chi connectivity index (χ0v) is 9.13. The van der Waals surface area contributed by atoms with E-state index in [1.54, 1.807) is 7.11 Å². The molecule has 1 unspecified atom stereocenters. The Morgan fingerprint density at radius 1 is 1.44 bits per heavy atom. The number of urea groups is 1. The van der Waals surface area contributed by atoms with Crippen molar-refractivity contribution in [1.82, 2.24) is 10.6 Å². The number of hydrogen-bond acceptors (Lipinski definition) is 3. The number of hydrogen-bond donors (Lipinski definition) is 3. The molecule has 1 atom stereocenters. The highest BCUT2D eigenvalue weighted by atomic mass is 16.5. The molecule has 5 heteroatoms. The van der Waals surface area contributed by atoms with Crippen LogP contribution in [0.25, 0.3) is 0 Å². The highest BCUT2D eigenvalue weighted by Crippen LogP contribution is 2.23. The quantitative estimate of drug-likeness (QED) is 0.702. The number of benzene rings is 1. The topological polar surface area (TPSA) is 74.2 Å². The number of carbonyl (C=O) groups excluding carboxylic acids is 1. The van der Waals surface area contributed by atoms with Crippen LogP contribution in [0.4, 0.5) is 4.79 Å². The lowest BCUT2D eigenvalue weighted by Crippen LogP contribution is -2.22. The van der Waals surface area contributed by atoms with Gasteiger partial charge in [0.05, 0.1) is 7.11 Å². The van der Waals surface area contributed by atoms with Gasteiger partial charge in [-0.05, 0) is 30.2 Å². The largest absolute Gasteiger partial charge is 0.496 e. The average Bonchev–Trinajstić information content (AvgIpc) is 2.58. The minimum absolute atomic E-state index is 0.176. The van der Waals surface area contributed by atoms with E-state index in [2.05, 4.69) is 10.6 Å². The molecule has 1 aromatic rings. The van der Waals surface area contributed by atoms with Gasteiger partial charge >= 0.3 is 6.03 Å². The van der Waals surface area contributed by atoms with E-state index in [1.165, 1.54) is 0 Å². The summed E-state index contributed by atoms with van der Waals surface area (Å²) in [6.45, 7) is 1.93. The summed E-state index contributed by atoms with van der Waals surface area (Å²) >= 11 is 0. The van der Waals surface area contributed by atoms with Gasteiger partial charge in [-0.25, -0.2) is 4.79 Å². The minimum Gasteiger partial charge on any atom is -0.496 e. The Balaban J connectivity index is 2.31. The van der Waals surface area contributed by atoms with Gasteiger partial charge in [0.2, 0.25) is 0 Å². The van der Waals surface area contributed by atoms with Crippen LogP contribution in [-0.2, 0) is 0 Å². The molecule has 1 fully saturated rings. The van der Waals surface area contributed by atoms with E-state index < -0.39 is 0 Å². The summed E-state index contributed by atoms with van der Waals surface area (Å²) in [6.07, 6.45) is 0. The van der Waals surface area contributed by atoms with Gasteiger partial charge in [-0.3, -0.25) is 10.7 Å². The Morgan fingerprint density at radius 2 is 2.19 bits per heavy atom. The summed E-state index contributed by atoms with van der Waals surface area (Å²) in [4.78, 5) is 11.1. The smallest absolute Gasteiger partial charge is 0.321 e. The van der Waals surface area contributed by atoms with Crippen molar-refractivity contribution in [2.45, 2.75) is 13.0 Å². The fourth-order valence-corrected chi connectivity index (χ4v) is 1.77. The Kier molecular flexibility index (Phi) is 2.52. The molecule has 84 valence electrons. The van der Waals surface area contributed by atoms with Crippen molar-refractivity contribution in [2.24, 2.45) is 0 Å². The van der Waals surface area contributed by atoms with E-state index in [0.717, 1.165) is 16.9 Å². The second kappa shape index (κ2) is 3.84. The van der Waals surface area contributed by atoms with Gasteiger partial charge in [0, 0.05) is 0 Å². The fourth-order valence-electron chi connectivity index (χ4n) is 1.77. The van der Waals surface area contributed by atoms with Gasteiger partial charge in [-0.1, -0.05) is 6.07 Å². The predicted molar refractivity (Wildman–Crippen MR) is 59.9 cm³/mol. The predicted octanol–water partition coefficient (Wildman–Crippen LogP) is 1.33. The normalized spacial score (nSPS) is 19.2. The number of carbonyl (C=O) groups is 1. The zero-order valence-electron chi connectivity index (χ0n) is 9.13. The summed E-state index contributed by atoms with van der Waals surface area (Å²) in [6, 6.07) is 4.88. The molecule has 1 aromatic carbocycles. The molecule has 1 aliphatic heterocycles. The van der Waals surface area contributed by atoms with Crippen LogP contribution < -0.4 is 15.4 Å². The van der Waals surface area contributed by atoms with Crippen molar-refractivity contribution < 1.29 is 9.53 Å². The van der Waals surface area contributed by atoms with Crippen molar-refractivity contribution in [3.05, 3.63) is 29.3 Å². The summed E-state index contributed by atoms with van der Waals surface area (Å²) < 4.78 is 5.15. The van der Waals surface area contributed by atoms with Gasteiger partial charge in [-0.2, -0.15) is 0 Å². The number of nitrogens with one attached hydrogen (secondary N) is 3. The van der Waals surface area contributed by atoms with Gasteiger partial charge in [-0.15, -0.1) is 0 Å². The molecule has 0 saturated carbocycles. The third kappa shape index (κ3) is 1.71. The SMILES string of the molecule is COc1ccc(C2NC(=O)NC2=N)cc1C. The number of amidine groups is 1. The summed E-state index contributed by atoms with van der Waals surface area (Å²) in [7, 11) is 1.61. The lowest BCUT2D eigenvalue weighted by atomic mass is 10.0. The molecule has 1 aliphatic rings. The molecule has 0 spiro atoms. The maximum absolute atomic E-state index is 11.1. The van der Waals surface area contributed by atoms with E-state index in [-0.39, 0.29) is 17.9 Å². The Hall–Kier alpha value is -2.04. The van der Waals surface area contributed by atoms with E-state index in [4.69, 9.17) is 10.1 Å². The molecule has 0 bridgehead atoms. The summed E-state index contributed by atoms with van der Waals surface area (Å²) in [5.41, 5.74) is 1.86. The van der Waals surface area contributed by atoms with Crippen molar-refractivity contribution in [2.75, 3.05) is 7.11 Å². The molecule has 0 radical (unpaired) electrons. The van der Waals surface area contributed by atoms with Crippen LogP contribution >= 0.6 is 0 Å². The van der Waals surface area contributed by atoms with Crippen LogP contribution in [0.3, 0.4) is 0 Å². The standard InChI is InChI=1S/C11H13N3O2/c1-6-5-7(3-4-8(6)16-2)9-10(12)14-11(15)13-9/h3-5,9H,1-2H3,(H3,12,13,14,15). The average molecular weight is 219 g/mol. The van der Waals surface area contributed by atoms with Crippen LogP contribution in [0, 0.1) is 12.3 Å². The van der Waals surface area contributed by atoms with Gasteiger partial charge in [0.25, 0.3) is 0 Å². The van der Waals surface area contributed by atoms with Crippen molar-refractivity contribution in [3.63, 3.8) is 0 Å². The molecule has 5 nitrogen and oxygen atoms in total. The van der Waals surface area contributed by atoms with Crippen LogP contribution in [0.2, 0.25) is 0 Å². The summed E-state index contributed by atoms with van der Waals surface area (Å²) in [5.74, 6) is 0.974. The maximum Gasteiger partial charge on any atom is 0.321 e. The fraction of sp³-hybridized carbons (Fsp3) is 0.273. The van der Waals surface area contributed by atoms with E-state index in [1.807, 2.05) is 25.1 Å². The maximum atomic E-state index is 11.1. The van der Waals surface area contributed by atoms with Crippen LogP contribution in [0.15, 0.2) is 18.2 Å². The Morgan fingerprint density at radius 3 is 2.69 bits per heavy atom. The monoisotopic (exact) mass is 219 g/mol. The first-order chi connectivity index (χ1) is 7.61. The number of ether oxygens (including phenoxy) is 1. The molecule has 3 N–H and O–H groups in total. The lowest BCUT2D eigenvalue weighted by Gasteiger charge is -2.12. The molecule has 2 rings (SSSR count). The number of aryl methyl sites for hydroxylation is 1. The first-order valence-electron chi connectivity index (χ1n) is 4.92. The molecule has 1 saturated heterocycles. The molecule has 16 heavy (non-hydrogen) atoms. The third-order valence-corrected chi connectivity index (χ3v) is 2.56. The molecule has 0 aromatic heterocycles. The van der Waals surface area contributed by atoms with Gasteiger partial charge < -0.3 is 10.1 Å². The van der Waals surface area contributed by atoms with E-state index in [0.29, 0.717) is 0 Å². The summed E-state index contributed by atoms with van der Waals surface area (Å²) in [5, 5.41) is 12.7. The molecular formula is C11H13N3O2. The van der Waals surface area contributed by atoms with E-state index >= 15 is 0 Å². The first kappa shape index (κ1) is 10.5. The second-order valence-corrected chi connectivity index (χ2v) is 3.67. The first-order valence-corrected chi connectivity index (χ1v) is 4.92. The molecule has 2 amide bonds. The van der Waals surface area contributed by atoms with Crippen LogP contribution in [0.1, 0.15) is 17.2 Å².